The number of nitrogens with zero attached hydrogens (tertiary/aromatic N) is 3. The van der Waals surface area contributed by atoms with Crippen LogP contribution in [0.4, 0.5) is 4.79 Å². The van der Waals surface area contributed by atoms with E-state index in [1.807, 2.05) is 19.9 Å². The molecule has 4 atom stereocenters. The number of carbonyl (C=O) groups excluding carboxylic acids is 5. The van der Waals surface area contributed by atoms with Crippen molar-refractivity contribution in [3.63, 3.8) is 0 Å². The fourth-order valence-electron chi connectivity index (χ4n) is 5.90. The van der Waals surface area contributed by atoms with E-state index in [0.717, 1.165) is 61.3 Å². The summed E-state index contributed by atoms with van der Waals surface area (Å²) in [7, 11) is 5.00. The number of halogens is 2. The van der Waals surface area contributed by atoms with E-state index in [1.54, 1.807) is 58.9 Å². The summed E-state index contributed by atoms with van der Waals surface area (Å²) in [6, 6.07) is 2.65. The Balaban J connectivity index is 1.89. The van der Waals surface area contributed by atoms with Gasteiger partial charge in [0, 0.05) is 43.6 Å². The van der Waals surface area contributed by atoms with E-state index >= 15 is 0 Å². The molecule has 1 aromatic rings. The lowest BCUT2D eigenvalue weighted by Crippen LogP contribution is -2.54. The summed E-state index contributed by atoms with van der Waals surface area (Å²) >= 11 is 9.81. The van der Waals surface area contributed by atoms with Crippen molar-refractivity contribution in [2.45, 2.75) is 129 Å². The summed E-state index contributed by atoms with van der Waals surface area (Å²) in [5, 5.41) is 3.27. The Labute approximate surface area is 312 Å². The number of alkyl carbamates (subject to hydrolysis) is 1. The number of nitrogens with two attached hydrogens (primary N) is 1. The molecule has 0 bridgehead atoms. The highest BCUT2D eigenvalue weighted by Crippen LogP contribution is 2.34. The van der Waals surface area contributed by atoms with E-state index in [-0.39, 0.29) is 36.0 Å². The number of nitrogens with one attached hydrogen (secondary N) is 1. The van der Waals surface area contributed by atoms with Crippen molar-refractivity contribution in [3.8, 4) is 0 Å². The third-order valence-electron chi connectivity index (χ3n) is 8.97. The van der Waals surface area contributed by atoms with Gasteiger partial charge in [-0.05, 0) is 88.5 Å². The molecule has 50 heavy (non-hydrogen) atoms. The second-order valence-corrected chi connectivity index (χ2v) is 16.4. The van der Waals surface area contributed by atoms with Crippen LogP contribution in [0.1, 0.15) is 98.0 Å². The Morgan fingerprint density at radius 2 is 1.62 bits per heavy atom. The zero-order valence-electron chi connectivity index (χ0n) is 31.2. The van der Waals surface area contributed by atoms with Crippen molar-refractivity contribution in [1.82, 2.24) is 20.0 Å². The van der Waals surface area contributed by atoms with Gasteiger partial charge in [0.2, 0.25) is 17.7 Å². The minimum Gasteiger partial charge on any atom is -0.444 e. The van der Waals surface area contributed by atoms with Gasteiger partial charge in [-0.15, -0.1) is 0 Å². The van der Waals surface area contributed by atoms with Gasteiger partial charge < -0.3 is 35.3 Å². The van der Waals surface area contributed by atoms with Gasteiger partial charge in [0.25, 0.3) is 0 Å². The lowest BCUT2D eigenvalue weighted by atomic mass is 10.00. The van der Waals surface area contributed by atoms with Gasteiger partial charge in [0.05, 0.1) is 12.1 Å². The average molecular weight is 785 g/mol. The highest BCUT2D eigenvalue weighted by atomic mass is 79.9. The maximum absolute atomic E-state index is 13.8. The molecule has 0 aromatic heterocycles. The van der Waals surface area contributed by atoms with Gasteiger partial charge in [-0.2, -0.15) is 0 Å². The molecule has 2 rings (SSSR count). The van der Waals surface area contributed by atoms with Gasteiger partial charge in [0.1, 0.15) is 24.0 Å². The van der Waals surface area contributed by atoms with E-state index in [9.17, 15) is 24.0 Å². The molecule has 0 unspecified atom stereocenters. The first-order valence-electron chi connectivity index (χ1n) is 17.8. The lowest BCUT2D eigenvalue weighted by molar-refractivity contribution is -0.144. The Morgan fingerprint density at radius 1 is 1.00 bits per heavy atom. The molecular weight excluding hydrogens is 726 g/mol. The summed E-state index contributed by atoms with van der Waals surface area (Å²) in [4.78, 5) is 69.3. The van der Waals surface area contributed by atoms with Crippen LogP contribution < -0.4 is 11.1 Å². The molecule has 0 spiro atoms. The molecule has 11 nitrogen and oxygen atoms in total. The Bertz CT molecular complexity index is 1300. The van der Waals surface area contributed by atoms with Gasteiger partial charge in [0.15, 0.2) is 0 Å². The minimum absolute atomic E-state index is 0.0483. The molecule has 3 N–H and O–H groups in total. The van der Waals surface area contributed by atoms with Crippen molar-refractivity contribution < 1.29 is 28.7 Å². The van der Waals surface area contributed by atoms with Crippen LogP contribution in [0.15, 0.2) is 22.7 Å². The molecule has 4 amide bonds. The van der Waals surface area contributed by atoms with Crippen molar-refractivity contribution in [1.29, 1.82) is 0 Å². The topological polar surface area (TPSA) is 142 Å². The van der Waals surface area contributed by atoms with Crippen molar-refractivity contribution in [2.75, 3.05) is 27.7 Å². The SMILES string of the molecule is CC(C)C[C@H](N)C(=O)N(C)[C@@H](Cc1cc(Cl)ccc1Br)C(=O)N(C)CCCCCCC[C@@H](C=O)N(C)C(=O)[C@@H](NC(=O)OC(C)(C)C)C1CC1. The number of hydrogen-bond donors (Lipinski definition) is 2. The number of benzene rings is 1. The summed E-state index contributed by atoms with van der Waals surface area (Å²) in [6.07, 6.45) is 7.34. The number of rotatable bonds is 20. The monoisotopic (exact) mass is 783 g/mol. The largest absolute Gasteiger partial charge is 0.444 e. The molecule has 13 heteroatoms. The molecular formula is C37H59BrClN5O6. The number of carbonyl (C=O) groups is 5. The van der Waals surface area contributed by atoms with E-state index in [4.69, 9.17) is 22.1 Å². The predicted octanol–water partition coefficient (Wildman–Crippen LogP) is 5.97. The molecule has 282 valence electrons. The van der Waals surface area contributed by atoms with Crippen LogP contribution in [0.3, 0.4) is 0 Å². The van der Waals surface area contributed by atoms with E-state index in [1.165, 1.54) is 9.80 Å². The Morgan fingerprint density at radius 3 is 2.20 bits per heavy atom. The second-order valence-electron chi connectivity index (χ2n) is 15.1. The molecule has 0 saturated heterocycles. The minimum atomic E-state index is -0.751. The smallest absolute Gasteiger partial charge is 0.408 e. The molecule has 0 aliphatic heterocycles. The van der Waals surface area contributed by atoms with Gasteiger partial charge >= 0.3 is 6.09 Å². The van der Waals surface area contributed by atoms with Crippen molar-refractivity contribution in [3.05, 3.63) is 33.3 Å². The van der Waals surface area contributed by atoms with E-state index in [2.05, 4.69) is 21.2 Å². The fourth-order valence-corrected chi connectivity index (χ4v) is 6.50. The van der Waals surface area contributed by atoms with Crippen LogP contribution in [0.25, 0.3) is 0 Å². The normalized spacial score (nSPS) is 15.4. The quantitative estimate of drug-likeness (QED) is 0.123. The molecule has 1 aromatic carbocycles. The standard InChI is InChI=1S/C37H59BrClN5O6/c1-24(2)20-30(40)33(46)44(8)31(22-26-21-27(39)17-18-29(26)38)34(47)42(6)19-13-11-9-10-12-14-28(23-45)43(7)35(48)32(25-15-16-25)41-36(49)50-37(3,4)5/h17-18,21,23-25,28,30-32H,9-16,19-20,22,40H2,1-8H3,(H,41,49)/t28-,30-,31-,32-/m0/s1. The van der Waals surface area contributed by atoms with E-state index < -0.39 is 35.9 Å². The second kappa shape index (κ2) is 20.4. The third kappa shape index (κ3) is 14.5. The van der Waals surface area contributed by atoms with Crippen molar-refractivity contribution in [2.24, 2.45) is 17.6 Å². The molecule has 0 heterocycles. The highest BCUT2D eigenvalue weighted by molar-refractivity contribution is 9.10. The summed E-state index contributed by atoms with van der Waals surface area (Å²) in [6.45, 7) is 9.83. The van der Waals surface area contributed by atoms with Gasteiger partial charge in [-0.1, -0.05) is 67.1 Å². The number of likely N-dealkylation sites (N-methyl/N-ethyl adjacent to an activating group) is 3. The fraction of sp³-hybridized carbons (Fsp3) is 0.703. The first-order valence-corrected chi connectivity index (χ1v) is 19.0. The van der Waals surface area contributed by atoms with Crippen molar-refractivity contribution >= 4 is 57.6 Å². The maximum atomic E-state index is 13.8. The van der Waals surface area contributed by atoms with Crippen LogP contribution in [0.5, 0.6) is 0 Å². The van der Waals surface area contributed by atoms with Crippen LogP contribution >= 0.6 is 27.5 Å². The zero-order chi connectivity index (χ0) is 37.8. The molecule has 0 radical (unpaired) electrons. The Hall–Kier alpha value is -2.70. The molecule has 1 fully saturated rings. The first kappa shape index (κ1) is 43.5. The number of unbranched alkanes of at least 4 members (excludes halogenated alkanes) is 4. The number of hydrogen-bond acceptors (Lipinski definition) is 7. The average Bonchev–Trinajstić information content (AvgIpc) is 3.88. The maximum Gasteiger partial charge on any atom is 0.408 e. The van der Waals surface area contributed by atoms with Gasteiger partial charge in [-0.25, -0.2) is 4.79 Å². The molecule has 1 aliphatic rings. The van der Waals surface area contributed by atoms with Crippen LogP contribution in [0, 0.1) is 11.8 Å². The number of amides is 4. The third-order valence-corrected chi connectivity index (χ3v) is 9.98. The summed E-state index contributed by atoms with van der Waals surface area (Å²) in [5.74, 6) is -0.434. The van der Waals surface area contributed by atoms with Crippen LogP contribution in [-0.2, 0) is 30.3 Å². The first-order chi connectivity index (χ1) is 23.4. The van der Waals surface area contributed by atoms with Gasteiger partial charge in [-0.3, -0.25) is 14.4 Å². The Kier molecular flexibility index (Phi) is 17.7. The zero-order valence-corrected chi connectivity index (χ0v) is 33.5. The van der Waals surface area contributed by atoms with E-state index in [0.29, 0.717) is 24.4 Å². The predicted molar refractivity (Wildman–Crippen MR) is 201 cm³/mol. The van der Waals surface area contributed by atoms with Crippen LogP contribution in [-0.4, -0.2) is 102 Å². The molecule has 1 aliphatic carbocycles. The number of aldehydes is 1. The molecule has 1 saturated carbocycles. The lowest BCUT2D eigenvalue weighted by Gasteiger charge is -2.33. The highest BCUT2D eigenvalue weighted by Gasteiger charge is 2.40. The summed E-state index contributed by atoms with van der Waals surface area (Å²) in [5.41, 5.74) is 6.38. The summed E-state index contributed by atoms with van der Waals surface area (Å²) < 4.78 is 6.15. The van der Waals surface area contributed by atoms with Crippen LogP contribution in [0.2, 0.25) is 5.02 Å². The number of ether oxygens (including phenoxy) is 1.